The minimum atomic E-state index is 0.0213. The third-order valence-electron chi connectivity index (χ3n) is 3.70. The Morgan fingerprint density at radius 2 is 2.19 bits per heavy atom. The molecule has 0 unspecified atom stereocenters. The molecule has 0 aromatic carbocycles. The highest BCUT2D eigenvalue weighted by Gasteiger charge is 2.27. The Morgan fingerprint density at radius 3 is 2.90 bits per heavy atom. The molecular weight excluding hydrogens is 284 g/mol. The number of amides is 1. The average molecular weight is 304 g/mol. The number of hydrogen-bond acceptors (Lipinski definition) is 5. The van der Waals surface area contributed by atoms with Crippen LogP contribution in [0.1, 0.15) is 37.6 Å². The van der Waals surface area contributed by atoms with Crippen molar-refractivity contribution in [2.75, 3.05) is 12.3 Å². The monoisotopic (exact) mass is 304 g/mol. The largest absolute Gasteiger partial charge is 0.383 e. The Morgan fingerprint density at radius 1 is 1.43 bits per heavy atom. The van der Waals surface area contributed by atoms with Crippen LogP contribution in [0, 0.1) is 5.41 Å². The lowest BCUT2D eigenvalue weighted by Crippen LogP contribution is -2.37. The number of hydrogen-bond donors (Lipinski definition) is 1. The van der Waals surface area contributed by atoms with Crippen LogP contribution >= 0.6 is 11.3 Å². The molecule has 0 aliphatic carbocycles. The molecule has 2 aromatic rings. The van der Waals surface area contributed by atoms with Gasteiger partial charge in [-0.2, -0.15) is 0 Å². The first-order valence-corrected chi connectivity index (χ1v) is 7.95. The number of rotatable bonds is 1. The van der Waals surface area contributed by atoms with Gasteiger partial charge in [0.2, 0.25) is 5.91 Å². The van der Waals surface area contributed by atoms with E-state index in [1.54, 1.807) is 11.3 Å². The SMILES string of the molecule is CC(C)(C)CC(=O)N1CCc2c(sc3ncnc(N)c23)C1. The molecule has 0 fully saturated rings. The molecule has 6 heteroatoms. The van der Waals surface area contributed by atoms with Gasteiger partial charge in [0.05, 0.1) is 11.9 Å². The van der Waals surface area contributed by atoms with Gasteiger partial charge in [0.1, 0.15) is 17.0 Å². The summed E-state index contributed by atoms with van der Waals surface area (Å²) in [4.78, 5) is 24.8. The molecule has 0 atom stereocenters. The van der Waals surface area contributed by atoms with Crippen LogP contribution in [-0.4, -0.2) is 27.3 Å². The molecule has 21 heavy (non-hydrogen) atoms. The lowest BCUT2D eigenvalue weighted by atomic mass is 9.91. The molecule has 0 spiro atoms. The lowest BCUT2D eigenvalue weighted by Gasteiger charge is -2.29. The fraction of sp³-hybridized carbons (Fsp3) is 0.533. The summed E-state index contributed by atoms with van der Waals surface area (Å²) in [5, 5.41) is 0.987. The van der Waals surface area contributed by atoms with Gasteiger partial charge < -0.3 is 10.6 Å². The molecule has 0 saturated carbocycles. The fourth-order valence-corrected chi connectivity index (χ4v) is 3.94. The van der Waals surface area contributed by atoms with Crippen LogP contribution in [-0.2, 0) is 17.8 Å². The van der Waals surface area contributed by atoms with E-state index in [1.165, 1.54) is 16.8 Å². The molecule has 0 radical (unpaired) electrons. The van der Waals surface area contributed by atoms with Crippen molar-refractivity contribution in [2.45, 2.75) is 40.2 Å². The van der Waals surface area contributed by atoms with Crippen LogP contribution in [0.2, 0.25) is 0 Å². The second kappa shape index (κ2) is 4.94. The van der Waals surface area contributed by atoms with Crippen molar-refractivity contribution in [3.63, 3.8) is 0 Å². The number of anilines is 1. The molecule has 3 rings (SSSR count). The summed E-state index contributed by atoms with van der Waals surface area (Å²) in [6.07, 6.45) is 2.92. The van der Waals surface area contributed by atoms with Crippen molar-refractivity contribution in [1.29, 1.82) is 0 Å². The Bertz CT molecular complexity index is 701. The van der Waals surface area contributed by atoms with E-state index in [2.05, 4.69) is 30.7 Å². The number of carbonyl (C=O) groups excluding carboxylic acids is 1. The van der Waals surface area contributed by atoms with E-state index in [0.717, 1.165) is 23.2 Å². The first-order valence-electron chi connectivity index (χ1n) is 7.13. The topological polar surface area (TPSA) is 72.1 Å². The number of thiophene rings is 1. The van der Waals surface area contributed by atoms with Crippen molar-refractivity contribution in [3.8, 4) is 0 Å². The van der Waals surface area contributed by atoms with Crippen LogP contribution in [0.15, 0.2) is 6.33 Å². The maximum Gasteiger partial charge on any atom is 0.223 e. The smallest absolute Gasteiger partial charge is 0.223 e. The summed E-state index contributed by atoms with van der Waals surface area (Å²) in [5.41, 5.74) is 7.23. The molecule has 112 valence electrons. The van der Waals surface area contributed by atoms with Crippen LogP contribution in [0.25, 0.3) is 10.2 Å². The highest BCUT2D eigenvalue weighted by atomic mass is 32.1. The van der Waals surface area contributed by atoms with E-state index < -0.39 is 0 Å². The van der Waals surface area contributed by atoms with E-state index in [0.29, 0.717) is 18.8 Å². The van der Waals surface area contributed by atoms with Gasteiger partial charge in [-0.25, -0.2) is 9.97 Å². The third kappa shape index (κ3) is 2.72. The molecule has 2 N–H and O–H groups in total. The summed E-state index contributed by atoms with van der Waals surface area (Å²) in [6, 6.07) is 0. The van der Waals surface area contributed by atoms with E-state index in [1.807, 2.05) is 4.90 Å². The summed E-state index contributed by atoms with van der Waals surface area (Å²) >= 11 is 1.63. The van der Waals surface area contributed by atoms with Gasteiger partial charge in [0.15, 0.2) is 0 Å². The average Bonchev–Trinajstić information content (AvgIpc) is 2.75. The van der Waals surface area contributed by atoms with Crippen molar-refractivity contribution in [2.24, 2.45) is 5.41 Å². The van der Waals surface area contributed by atoms with Crippen molar-refractivity contribution in [3.05, 3.63) is 16.8 Å². The van der Waals surface area contributed by atoms with Crippen LogP contribution in [0.5, 0.6) is 0 Å². The van der Waals surface area contributed by atoms with Crippen LogP contribution in [0.3, 0.4) is 0 Å². The summed E-state index contributed by atoms with van der Waals surface area (Å²) in [6.45, 7) is 7.70. The predicted octanol–water partition coefficient (Wildman–Crippen LogP) is 2.59. The number of aromatic nitrogens is 2. The van der Waals surface area contributed by atoms with Gasteiger partial charge in [0.25, 0.3) is 0 Å². The molecule has 1 aliphatic heterocycles. The van der Waals surface area contributed by atoms with Gasteiger partial charge in [-0.05, 0) is 17.4 Å². The lowest BCUT2D eigenvalue weighted by molar-refractivity contribution is -0.133. The van der Waals surface area contributed by atoms with Crippen molar-refractivity contribution < 1.29 is 4.79 Å². The van der Waals surface area contributed by atoms with Gasteiger partial charge >= 0.3 is 0 Å². The van der Waals surface area contributed by atoms with Crippen molar-refractivity contribution >= 4 is 33.3 Å². The second-order valence-electron chi connectivity index (χ2n) is 6.75. The zero-order chi connectivity index (χ0) is 15.2. The van der Waals surface area contributed by atoms with Crippen molar-refractivity contribution in [1.82, 2.24) is 14.9 Å². The maximum atomic E-state index is 12.4. The summed E-state index contributed by atoms with van der Waals surface area (Å²) < 4.78 is 0. The maximum absolute atomic E-state index is 12.4. The van der Waals surface area contributed by atoms with E-state index >= 15 is 0 Å². The summed E-state index contributed by atoms with van der Waals surface area (Å²) in [7, 11) is 0. The zero-order valence-electron chi connectivity index (χ0n) is 12.6. The highest BCUT2D eigenvalue weighted by molar-refractivity contribution is 7.19. The molecule has 0 bridgehead atoms. The molecule has 5 nitrogen and oxygen atoms in total. The Balaban J connectivity index is 1.88. The molecule has 1 amide bonds. The Hall–Kier alpha value is -1.69. The van der Waals surface area contributed by atoms with Gasteiger partial charge in [-0.15, -0.1) is 11.3 Å². The highest BCUT2D eigenvalue weighted by Crippen LogP contribution is 2.36. The number of nitrogens with two attached hydrogens (primary N) is 1. The summed E-state index contributed by atoms with van der Waals surface area (Å²) in [5.74, 6) is 0.775. The minimum Gasteiger partial charge on any atom is -0.383 e. The van der Waals surface area contributed by atoms with E-state index in [-0.39, 0.29) is 11.3 Å². The number of nitrogen functional groups attached to an aromatic ring is 1. The number of nitrogens with zero attached hydrogens (tertiary/aromatic N) is 3. The van der Waals surface area contributed by atoms with Crippen LogP contribution < -0.4 is 5.73 Å². The van der Waals surface area contributed by atoms with Gasteiger partial charge in [-0.1, -0.05) is 20.8 Å². The van der Waals surface area contributed by atoms with Crippen LogP contribution in [0.4, 0.5) is 5.82 Å². The first kappa shape index (κ1) is 14.3. The molecule has 3 heterocycles. The molecule has 2 aromatic heterocycles. The Kier molecular flexibility index (Phi) is 3.36. The predicted molar refractivity (Wildman–Crippen MR) is 85.0 cm³/mol. The zero-order valence-corrected chi connectivity index (χ0v) is 13.5. The molecular formula is C15H20N4OS. The van der Waals surface area contributed by atoms with Gasteiger partial charge in [0, 0.05) is 17.8 Å². The quantitative estimate of drug-likeness (QED) is 0.879. The third-order valence-corrected chi connectivity index (χ3v) is 4.83. The standard InChI is InChI=1S/C15H20N4OS/c1-15(2,3)6-11(20)19-5-4-9-10(7-19)21-14-12(9)13(16)17-8-18-14/h8H,4-7H2,1-3H3,(H2,16,17,18). The molecule has 1 aliphatic rings. The number of carbonyl (C=O) groups is 1. The normalized spacial score (nSPS) is 15.3. The first-order chi connectivity index (χ1) is 9.85. The number of fused-ring (bicyclic) bond motifs is 3. The second-order valence-corrected chi connectivity index (χ2v) is 7.83. The molecule has 0 saturated heterocycles. The minimum absolute atomic E-state index is 0.0213. The van der Waals surface area contributed by atoms with E-state index in [4.69, 9.17) is 5.73 Å². The van der Waals surface area contributed by atoms with Gasteiger partial charge in [-0.3, -0.25) is 4.79 Å². The fourth-order valence-electron chi connectivity index (χ4n) is 2.73. The van der Waals surface area contributed by atoms with E-state index in [9.17, 15) is 4.79 Å². The Labute approximate surface area is 128 Å².